The molecule has 1 aromatic heterocycles. The largest absolute Gasteiger partial charge is 0.487 e. The maximum atomic E-state index is 13.4. The lowest BCUT2D eigenvalue weighted by molar-refractivity contribution is 0.0497. The first-order chi connectivity index (χ1) is 14.1. The maximum Gasteiger partial charge on any atom is 0.254 e. The molecule has 0 spiro atoms. The predicted molar refractivity (Wildman–Crippen MR) is 115 cm³/mol. The number of hydrogen-bond acceptors (Lipinski definition) is 5. The van der Waals surface area contributed by atoms with E-state index in [2.05, 4.69) is 29.1 Å². The van der Waals surface area contributed by atoms with Gasteiger partial charge in [0, 0.05) is 30.6 Å². The van der Waals surface area contributed by atoms with Gasteiger partial charge < -0.3 is 14.5 Å². The standard InChI is InChI=1S/C23H25N3O2S/c1-17-24-20(16-29-17)15-28-21-10-6-9-19(13-21)23(27)26-12-11-25(2)14-22(26)18-7-4-3-5-8-18/h3-10,13,16,22H,11-12,14-15H2,1-2H3. The van der Waals surface area contributed by atoms with Crippen LogP contribution >= 0.6 is 11.3 Å². The molecule has 0 saturated carbocycles. The summed E-state index contributed by atoms with van der Waals surface area (Å²) in [7, 11) is 2.10. The molecule has 150 valence electrons. The average Bonchev–Trinajstić information content (AvgIpc) is 3.18. The van der Waals surface area contributed by atoms with Crippen molar-refractivity contribution in [3.63, 3.8) is 0 Å². The predicted octanol–water partition coefficient (Wildman–Crippen LogP) is 4.16. The summed E-state index contributed by atoms with van der Waals surface area (Å²) in [5.41, 5.74) is 2.73. The Bertz CT molecular complexity index is 973. The molecule has 2 aromatic carbocycles. The Balaban J connectivity index is 1.51. The summed E-state index contributed by atoms with van der Waals surface area (Å²) in [6, 6.07) is 17.8. The van der Waals surface area contributed by atoms with Crippen LogP contribution in [0.5, 0.6) is 5.75 Å². The van der Waals surface area contributed by atoms with Gasteiger partial charge in [-0.15, -0.1) is 11.3 Å². The van der Waals surface area contributed by atoms with Crippen molar-refractivity contribution < 1.29 is 9.53 Å². The van der Waals surface area contributed by atoms with Crippen LogP contribution in [0.2, 0.25) is 0 Å². The SMILES string of the molecule is Cc1nc(COc2cccc(C(=O)N3CCN(C)CC3c3ccccc3)c2)cs1. The van der Waals surface area contributed by atoms with E-state index in [0.29, 0.717) is 24.5 Å². The molecule has 1 aliphatic rings. The zero-order valence-corrected chi connectivity index (χ0v) is 17.6. The number of aromatic nitrogens is 1. The second-order valence-corrected chi connectivity index (χ2v) is 8.42. The van der Waals surface area contributed by atoms with E-state index in [0.717, 1.165) is 23.8 Å². The van der Waals surface area contributed by atoms with Crippen molar-refractivity contribution in [3.8, 4) is 5.75 Å². The molecule has 2 heterocycles. The zero-order valence-electron chi connectivity index (χ0n) is 16.7. The maximum absolute atomic E-state index is 13.4. The molecule has 1 fully saturated rings. The summed E-state index contributed by atoms with van der Waals surface area (Å²) in [4.78, 5) is 22.0. The van der Waals surface area contributed by atoms with Crippen molar-refractivity contribution in [2.75, 3.05) is 26.7 Å². The Morgan fingerprint density at radius 3 is 2.76 bits per heavy atom. The van der Waals surface area contributed by atoms with Crippen molar-refractivity contribution in [3.05, 3.63) is 81.8 Å². The molecular formula is C23H25N3O2S. The minimum atomic E-state index is 0.0434. The van der Waals surface area contributed by atoms with E-state index in [1.165, 1.54) is 5.56 Å². The van der Waals surface area contributed by atoms with Crippen molar-refractivity contribution in [2.24, 2.45) is 0 Å². The molecule has 1 atom stereocenters. The molecule has 6 heteroatoms. The van der Waals surface area contributed by atoms with Gasteiger partial charge in [-0.05, 0) is 37.7 Å². The fraction of sp³-hybridized carbons (Fsp3) is 0.304. The van der Waals surface area contributed by atoms with E-state index in [4.69, 9.17) is 4.74 Å². The number of piperazine rings is 1. The van der Waals surface area contributed by atoms with Gasteiger partial charge in [0.2, 0.25) is 0 Å². The second kappa shape index (κ2) is 8.76. The molecule has 0 bridgehead atoms. The number of carbonyl (C=O) groups excluding carboxylic acids is 1. The molecule has 0 N–H and O–H groups in total. The van der Waals surface area contributed by atoms with Gasteiger partial charge in [0.15, 0.2) is 0 Å². The molecule has 1 amide bonds. The summed E-state index contributed by atoms with van der Waals surface area (Å²) in [6.07, 6.45) is 0. The van der Waals surface area contributed by atoms with Gasteiger partial charge in [0.1, 0.15) is 12.4 Å². The zero-order chi connectivity index (χ0) is 20.2. The lowest BCUT2D eigenvalue weighted by Gasteiger charge is -2.40. The molecule has 4 rings (SSSR count). The lowest BCUT2D eigenvalue weighted by atomic mass is 10.0. The molecule has 0 radical (unpaired) electrons. The first kappa shape index (κ1) is 19.6. The van der Waals surface area contributed by atoms with Gasteiger partial charge in [0.25, 0.3) is 5.91 Å². The topological polar surface area (TPSA) is 45.7 Å². The third-order valence-electron chi connectivity index (χ3n) is 5.16. The normalized spacial score (nSPS) is 17.3. The van der Waals surface area contributed by atoms with Gasteiger partial charge in [0.05, 0.1) is 16.7 Å². The molecule has 3 aromatic rings. The third-order valence-corrected chi connectivity index (χ3v) is 5.99. The van der Waals surface area contributed by atoms with Gasteiger partial charge in [-0.3, -0.25) is 4.79 Å². The highest BCUT2D eigenvalue weighted by Crippen LogP contribution is 2.27. The first-order valence-electron chi connectivity index (χ1n) is 9.78. The first-order valence-corrected chi connectivity index (χ1v) is 10.7. The monoisotopic (exact) mass is 407 g/mol. The van der Waals surface area contributed by atoms with Crippen LogP contribution in [0.15, 0.2) is 60.0 Å². The number of thiazole rings is 1. The van der Waals surface area contributed by atoms with Crippen molar-refractivity contribution in [1.29, 1.82) is 0 Å². The fourth-order valence-corrected chi connectivity index (χ4v) is 4.24. The van der Waals surface area contributed by atoms with Crippen LogP contribution in [0.1, 0.15) is 32.7 Å². The second-order valence-electron chi connectivity index (χ2n) is 7.36. The van der Waals surface area contributed by atoms with E-state index in [1.807, 2.05) is 59.7 Å². The Morgan fingerprint density at radius 2 is 2.00 bits per heavy atom. The van der Waals surface area contributed by atoms with Crippen molar-refractivity contribution in [1.82, 2.24) is 14.8 Å². The van der Waals surface area contributed by atoms with Crippen LogP contribution in [0.3, 0.4) is 0 Å². The molecule has 0 aliphatic carbocycles. The summed E-state index contributed by atoms with van der Waals surface area (Å²) >= 11 is 1.61. The molecule has 1 unspecified atom stereocenters. The Labute approximate surface area is 175 Å². The van der Waals surface area contributed by atoms with E-state index in [9.17, 15) is 4.79 Å². The number of likely N-dealkylation sites (N-methyl/N-ethyl adjacent to an activating group) is 1. The minimum absolute atomic E-state index is 0.0434. The quantitative estimate of drug-likeness (QED) is 0.637. The number of nitrogens with zero attached hydrogens (tertiary/aromatic N) is 3. The van der Waals surface area contributed by atoms with Crippen LogP contribution in [-0.2, 0) is 6.61 Å². The van der Waals surface area contributed by atoms with Crippen LogP contribution < -0.4 is 4.74 Å². The van der Waals surface area contributed by atoms with Crippen molar-refractivity contribution >= 4 is 17.2 Å². The summed E-state index contributed by atoms with van der Waals surface area (Å²) < 4.78 is 5.88. The van der Waals surface area contributed by atoms with Crippen LogP contribution in [0.25, 0.3) is 0 Å². The molecule has 5 nitrogen and oxygen atoms in total. The molecule has 1 aliphatic heterocycles. The van der Waals surface area contributed by atoms with Gasteiger partial charge in [-0.1, -0.05) is 36.4 Å². The van der Waals surface area contributed by atoms with E-state index in [1.54, 1.807) is 11.3 Å². The van der Waals surface area contributed by atoms with Gasteiger partial charge in [-0.25, -0.2) is 4.98 Å². The number of amides is 1. The number of benzene rings is 2. The van der Waals surface area contributed by atoms with E-state index >= 15 is 0 Å². The number of carbonyl (C=O) groups is 1. The summed E-state index contributed by atoms with van der Waals surface area (Å²) in [5.74, 6) is 0.730. The number of aryl methyl sites for hydroxylation is 1. The Hall–Kier alpha value is -2.70. The van der Waals surface area contributed by atoms with Gasteiger partial charge in [-0.2, -0.15) is 0 Å². The lowest BCUT2D eigenvalue weighted by Crippen LogP contribution is -2.49. The summed E-state index contributed by atoms with van der Waals surface area (Å²) in [6.45, 7) is 4.79. The van der Waals surface area contributed by atoms with Crippen molar-refractivity contribution in [2.45, 2.75) is 19.6 Å². The van der Waals surface area contributed by atoms with E-state index in [-0.39, 0.29) is 11.9 Å². The number of hydrogen-bond donors (Lipinski definition) is 0. The summed E-state index contributed by atoms with van der Waals surface area (Å²) in [5, 5.41) is 3.02. The number of rotatable bonds is 5. The van der Waals surface area contributed by atoms with E-state index < -0.39 is 0 Å². The highest BCUT2D eigenvalue weighted by Gasteiger charge is 2.30. The van der Waals surface area contributed by atoms with Crippen LogP contribution in [-0.4, -0.2) is 47.4 Å². The highest BCUT2D eigenvalue weighted by molar-refractivity contribution is 7.09. The third kappa shape index (κ3) is 4.66. The molecule has 1 saturated heterocycles. The molecular weight excluding hydrogens is 382 g/mol. The fourth-order valence-electron chi connectivity index (χ4n) is 3.64. The highest BCUT2D eigenvalue weighted by atomic mass is 32.1. The molecule has 29 heavy (non-hydrogen) atoms. The Morgan fingerprint density at radius 1 is 1.17 bits per heavy atom. The Kier molecular flexibility index (Phi) is 5.92. The van der Waals surface area contributed by atoms with Crippen LogP contribution in [0.4, 0.5) is 0 Å². The van der Waals surface area contributed by atoms with Gasteiger partial charge >= 0.3 is 0 Å². The smallest absolute Gasteiger partial charge is 0.254 e. The average molecular weight is 408 g/mol. The number of ether oxygens (including phenoxy) is 1. The minimum Gasteiger partial charge on any atom is -0.487 e. The van der Waals surface area contributed by atoms with Crippen LogP contribution in [0, 0.1) is 6.92 Å².